The number of nitrogens with zero attached hydrogens (tertiary/aromatic N) is 4. The summed E-state index contributed by atoms with van der Waals surface area (Å²) in [5.74, 6) is -0.144. The van der Waals surface area contributed by atoms with Gasteiger partial charge in [-0.3, -0.25) is 9.59 Å². The molecule has 2 aliphatic rings. The first-order chi connectivity index (χ1) is 15.6. The van der Waals surface area contributed by atoms with Crippen molar-refractivity contribution >= 4 is 23.2 Å². The lowest BCUT2D eigenvalue weighted by atomic mass is 10.1. The maximum absolute atomic E-state index is 12.6. The molecule has 0 unspecified atom stereocenters. The van der Waals surface area contributed by atoms with E-state index in [1.165, 1.54) is 10.7 Å². The predicted octanol–water partition coefficient (Wildman–Crippen LogP) is 2.90. The minimum Gasteiger partial charge on any atom is -0.378 e. The molecule has 168 valence electrons. The molecule has 0 radical (unpaired) electrons. The van der Waals surface area contributed by atoms with E-state index < -0.39 is 0 Å². The quantitative estimate of drug-likeness (QED) is 0.672. The number of rotatable bonds is 7. The molecule has 2 heterocycles. The minimum atomic E-state index is -0.104. The molecular formula is C25H30N4O3. The Morgan fingerprint density at radius 1 is 0.969 bits per heavy atom. The Morgan fingerprint density at radius 2 is 1.69 bits per heavy atom. The van der Waals surface area contributed by atoms with Gasteiger partial charge in [0.1, 0.15) is 0 Å². The third kappa shape index (κ3) is 5.53. The Morgan fingerprint density at radius 3 is 2.41 bits per heavy atom. The Hall–Kier alpha value is -3.19. The monoisotopic (exact) mass is 434 g/mol. The van der Waals surface area contributed by atoms with Crippen LogP contribution in [-0.4, -0.2) is 67.3 Å². The second kappa shape index (κ2) is 10.4. The summed E-state index contributed by atoms with van der Waals surface area (Å²) < 4.78 is 5.40. The first-order valence-electron chi connectivity index (χ1n) is 11.2. The Kier molecular flexibility index (Phi) is 7.17. The van der Waals surface area contributed by atoms with Crippen molar-refractivity contribution in [1.82, 2.24) is 9.91 Å². The van der Waals surface area contributed by atoms with Crippen molar-refractivity contribution in [2.24, 2.45) is 5.10 Å². The highest BCUT2D eigenvalue weighted by Crippen LogP contribution is 2.18. The van der Waals surface area contributed by atoms with E-state index in [1.54, 1.807) is 11.9 Å². The van der Waals surface area contributed by atoms with Crippen molar-refractivity contribution in [2.75, 3.05) is 44.8 Å². The Bertz CT molecular complexity index is 953. The number of carbonyl (C=O) groups excluding carboxylic acids is 2. The van der Waals surface area contributed by atoms with Gasteiger partial charge in [-0.2, -0.15) is 5.10 Å². The van der Waals surface area contributed by atoms with Gasteiger partial charge in [0.15, 0.2) is 0 Å². The topological polar surface area (TPSA) is 65.5 Å². The summed E-state index contributed by atoms with van der Waals surface area (Å²) in [6.45, 7) is 4.42. The second-order valence-electron chi connectivity index (χ2n) is 8.20. The fraction of sp³-hybridized carbons (Fsp3) is 0.400. The summed E-state index contributed by atoms with van der Waals surface area (Å²) in [4.78, 5) is 29.1. The van der Waals surface area contributed by atoms with Gasteiger partial charge in [0.2, 0.25) is 11.8 Å². The van der Waals surface area contributed by atoms with Gasteiger partial charge in [-0.15, -0.1) is 0 Å². The molecule has 0 aliphatic carbocycles. The maximum atomic E-state index is 12.6. The zero-order chi connectivity index (χ0) is 22.3. The molecular weight excluding hydrogens is 404 g/mol. The Balaban J connectivity index is 1.24. The summed E-state index contributed by atoms with van der Waals surface area (Å²) in [5, 5.41) is 5.96. The van der Waals surface area contributed by atoms with Gasteiger partial charge < -0.3 is 14.5 Å². The lowest BCUT2D eigenvalue weighted by molar-refractivity contribution is -0.136. The largest absolute Gasteiger partial charge is 0.378 e. The van der Waals surface area contributed by atoms with Gasteiger partial charge in [0.05, 0.1) is 25.5 Å². The van der Waals surface area contributed by atoms with Gasteiger partial charge in [0, 0.05) is 51.6 Å². The molecule has 0 spiro atoms. The molecule has 7 heteroatoms. The van der Waals surface area contributed by atoms with Crippen LogP contribution in [-0.2, 0) is 20.9 Å². The van der Waals surface area contributed by atoms with Crippen LogP contribution in [0.5, 0.6) is 0 Å². The van der Waals surface area contributed by atoms with Crippen LogP contribution < -0.4 is 4.90 Å². The van der Waals surface area contributed by atoms with Crippen LogP contribution in [0, 0.1) is 0 Å². The van der Waals surface area contributed by atoms with E-state index in [-0.39, 0.29) is 24.7 Å². The van der Waals surface area contributed by atoms with E-state index in [0.29, 0.717) is 13.1 Å². The lowest BCUT2D eigenvalue weighted by Gasteiger charge is -2.29. The fourth-order valence-electron chi connectivity index (χ4n) is 4.00. The van der Waals surface area contributed by atoms with Crippen LogP contribution in [0.15, 0.2) is 59.7 Å². The van der Waals surface area contributed by atoms with E-state index in [9.17, 15) is 9.59 Å². The van der Waals surface area contributed by atoms with E-state index >= 15 is 0 Å². The van der Waals surface area contributed by atoms with Gasteiger partial charge in [0.25, 0.3) is 0 Å². The highest BCUT2D eigenvalue weighted by atomic mass is 16.5. The molecule has 0 saturated carbocycles. The molecule has 7 nitrogen and oxygen atoms in total. The van der Waals surface area contributed by atoms with Crippen LogP contribution in [0.4, 0.5) is 5.69 Å². The standard InChI is InChI=1S/C25H30N4O3/c1-27(19-20-7-9-22(10-8-20)28-15-17-32-18-16-28)24(30)11-12-25(31)29-14-13-23(26-29)21-5-3-2-4-6-21/h2-10H,11-19H2,1H3. The third-order valence-electron chi connectivity index (χ3n) is 5.91. The van der Waals surface area contributed by atoms with E-state index in [0.717, 1.165) is 49.6 Å². The fourth-order valence-corrected chi connectivity index (χ4v) is 4.00. The van der Waals surface area contributed by atoms with Gasteiger partial charge in [-0.25, -0.2) is 5.01 Å². The molecule has 0 bridgehead atoms. The highest BCUT2D eigenvalue weighted by molar-refractivity contribution is 6.02. The summed E-state index contributed by atoms with van der Waals surface area (Å²) in [6, 6.07) is 18.2. The molecule has 1 fully saturated rings. The number of hydrogen-bond acceptors (Lipinski definition) is 5. The predicted molar refractivity (Wildman–Crippen MR) is 124 cm³/mol. The van der Waals surface area contributed by atoms with Crippen LogP contribution in [0.25, 0.3) is 0 Å². The van der Waals surface area contributed by atoms with Crippen molar-refractivity contribution in [2.45, 2.75) is 25.8 Å². The second-order valence-corrected chi connectivity index (χ2v) is 8.20. The van der Waals surface area contributed by atoms with Crippen molar-refractivity contribution in [3.63, 3.8) is 0 Å². The lowest BCUT2D eigenvalue weighted by Crippen LogP contribution is -2.36. The number of benzene rings is 2. The van der Waals surface area contributed by atoms with Crippen LogP contribution in [0.2, 0.25) is 0 Å². The summed E-state index contributed by atoms with van der Waals surface area (Å²) >= 11 is 0. The summed E-state index contributed by atoms with van der Waals surface area (Å²) in [7, 11) is 1.78. The van der Waals surface area contributed by atoms with Crippen molar-refractivity contribution in [1.29, 1.82) is 0 Å². The number of amides is 2. The van der Waals surface area contributed by atoms with E-state index in [2.05, 4.69) is 34.3 Å². The summed E-state index contributed by atoms with van der Waals surface area (Å²) in [6.07, 6.45) is 1.10. The number of ether oxygens (including phenoxy) is 1. The maximum Gasteiger partial charge on any atom is 0.243 e. The number of anilines is 1. The van der Waals surface area contributed by atoms with Crippen molar-refractivity contribution in [3.8, 4) is 0 Å². The molecule has 2 aliphatic heterocycles. The molecule has 0 N–H and O–H groups in total. The molecule has 2 aromatic rings. The average Bonchev–Trinajstić information content (AvgIpc) is 3.34. The molecule has 4 rings (SSSR count). The molecule has 0 atom stereocenters. The first-order valence-corrected chi connectivity index (χ1v) is 11.2. The Labute approximate surface area is 189 Å². The zero-order valence-corrected chi connectivity index (χ0v) is 18.6. The SMILES string of the molecule is CN(Cc1ccc(N2CCOCC2)cc1)C(=O)CCC(=O)N1CCC(c2ccccc2)=N1. The van der Waals surface area contributed by atoms with E-state index in [4.69, 9.17) is 4.74 Å². The van der Waals surface area contributed by atoms with Gasteiger partial charge in [-0.1, -0.05) is 42.5 Å². The zero-order valence-electron chi connectivity index (χ0n) is 18.6. The first kappa shape index (κ1) is 22.0. The van der Waals surface area contributed by atoms with Crippen molar-refractivity contribution in [3.05, 3.63) is 65.7 Å². The third-order valence-corrected chi connectivity index (χ3v) is 5.91. The minimum absolute atomic E-state index is 0.0398. The van der Waals surface area contributed by atoms with Crippen LogP contribution in [0.3, 0.4) is 0 Å². The number of carbonyl (C=O) groups is 2. The van der Waals surface area contributed by atoms with Crippen LogP contribution in [0.1, 0.15) is 30.4 Å². The molecule has 32 heavy (non-hydrogen) atoms. The molecule has 2 amide bonds. The molecule has 0 aromatic heterocycles. The number of hydrazone groups is 1. The number of hydrogen-bond donors (Lipinski definition) is 0. The average molecular weight is 435 g/mol. The molecule has 2 aromatic carbocycles. The highest BCUT2D eigenvalue weighted by Gasteiger charge is 2.22. The van der Waals surface area contributed by atoms with Crippen LogP contribution >= 0.6 is 0 Å². The summed E-state index contributed by atoms with van der Waals surface area (Å²) in [5.41, 5.74) is 4.21. The van der Waals surface area contributed by atoms with E-state index in [1.807, 2.05) is 30.3 Å². The van der Waals surface area contributed by atoms with Gasteiger partial charge >= 0.3 is 0 Å². The van der Waals surface area contributed by atoms with Crippen molar-refractivity contribution < 1.29 is 14.3 Å². The normalized spacial score (nSPS) is 16.1. The smallest absolute Gasteiger partial charge is 0.243 e. The van der Waals surface area contributed by atoms with Gasteiger partial charge in [-0.05, 0) is 23.3 Å². The molecule has 1 saturated heterocycles. The number of morpholine rings is 1.